The quantitative estimate of drug-likeness (QED) is 0.188. The van der Waals surface area contributed by atoms with Crippen LogP contribution in [0, 0.1) is 0 Å². The van der Waals surface area contributed by atoms with Crippen molar-refractivity contribution in [1.82, 2.24) is 19.1 Å². The normalized spacial score (nSPS) is 11.6. The standard InChI is InChI=1S/C46H30N4/c1-2-16-31(17-3-1)46-47-38(36-22-8-14-28-44(36)49-40-24-10-4-18-32(40)33-19-5-11-25-41(33)49)30-39(48-46)37-23-9-15-29-45(37)50-42-26-12-6-20-34(42)35-21-7-13-27-43(35)50/h1-30H. The molecule has 0 aliphatic carbocycles. The number of nitrogens with zero attached hydrogens (tertiary/aromatic N) is 4. The molecular weight excluding hydrogens is 609 g/mol. The molecule has 0 fully saturated rings. The number of benzene rings is 7. The minimum absolute atomic E-state index is 0.687. The molecule has 3 aromatic heterocycles. The minimum atomic E-state index is 0.687. The van der Waals surface area contributed by atoms with Crippen LogP contribution in [0.25, 0.3) is 88.9 Å². The Morgan fingerprint density at radius 3 is 1.08 bits per heavy atom. The van der Waals surface area contributed by atoms with E-state index >= 15 is 0 Å². The van der Waals surface area contributed by atoms with Gasteiger partial charge < -0.3 is 9.13 Å². The number of aromatic nitrogens is 4. The molecule has 0 bridgehead atoms. The predicted octanol–water partition coefficient (Wildman–Crippen LogP) is 11.7. The van der Waals surface area contributed by atoms with Crippen molar-refractivity contribution in [3.05, 3.63) is 182 Å². The molecule has 0 N–H and O–H groups in total. The Morgan fingerprint density at radius 2 is 0.660 bits per heavy atom. The molecule has 4 heteroatoms. The third-order valence-corrected chi connectivity index (χ3v) is 9.76. The van der Waals surface area contributed by atoms with Gasteiger partial charge in [0, 0.05) is 38.2 Å². The lowest BCUT2D eigenvalue weighted by molar-refractivity contribution is 1.14. The fraction of sp³-hybridized carbons (Fsp3) is 0. The molecule has 50 heavy (non-hydrogen) atoms. The van der Waals surface area contributed by atoms with Gasteiger partial charge >= 0.3 is 0 Å². The highest BCUT2D eigenvalue weighted by Gasteiger charge is 2.20. The second kappa shape index (κ2) is 11.4. The molecule has 0 aliphatic rings. The van der Waals surface area contributed by atoms with E-state index in [1.807, 2.05) is 18.2 Å². The summed E-state index contributed by atoms with van der Waals surface area (Å²) in [5.41, 5.74) is 11.6. The van der Waals surface area contributed by atoms with Crippen LogP contribution in [0.15, 0.2) is 182 Å². The molecule has 234 valence electrons. The zero-order chi connectivity index (χ0) is 33.0. The molecule has 10 rings (SSSR count). The Hall–Kier alpha value is -6.78. The Kier molecular flexibility index (Phi) is 6.46. The lowest BCUT2D eigenvalue weighted by Crippen LogP contribution is -2.02. The highest BCUT2D eigenvalue weighted by molar-refractivity contribution is 6.11. The summed E-state index contributed by atoms with van der Waals surface area (Å²) in [5, 5.41) is 4.91. The van der Waals surface area contributed by atoms with Gasteiger partial charge in [-0.2, -0.15) is 0 Å². The van der Waals surface area contributed by atoms with Crippen LogP contribution in [0.5, 0.6) is 0 Å². The van der Waals surface area contributed by atoms with Crippen LogP contribution in [-0.4, -0.2) is 19.1 Å². The number of hydrogen-bond donors (Lipinski definition) is 0. The lowest BCUT2D eigenvalue weighted by atomic mass is 10.0. The van der Waals surface area contributed by atoms with Gasteiger partial charge in [0.1, 0.15) is 0 Å². The highest BCUT2D eigenvalue weighted by atomic mass is 15.0. The molecule has 0 unspecified atom stereocenters. The van der Waals surface area contributed by atoms with Crippen molar-refractivity contribution in [2.45, 2.75) is 0 Å². The van der Waals surface area contributed by atoms with Crippen LogP contribution < -0.4 is 0 Å². The topological polar surface area (TPSA) is 35.6 Å². The average Bonchev–Trinajstić information content (AvgIpc) is 3.71. The van der Waals surface area contributed by atoms with Crippen molar-refractivity contribution in [3.63, 3.8) is 0 Å². The second-order valence-electron chi connectivity index (χ2n) is 12.6. The summed E-state index contributed by atoms with van der Waals surface area (Å²) in [6, 6.07) is 64.2. The van der Waals surface area contributed by atoms with E-state index in [0.717, 1.165) is 61.5 Å². The maximum Gasteiger partial charge on any atom is 0.160 e. The lowest BCUT2D eigenvalue weighted by Gasteiger charge is -2.17. The summed E-state index contributed by atoms with van der Waals surface area (Å²) < 4.78 is 4.74. The van der Waals surface area contributed by atoms with Crippen molar-refractivity contribution < 1.29 is 0 Å². The first kappa shape index (κ1) is 28.3. The van der Waals surface area contributed by atoms with E-state index in [0.29, 0.717) is 5.82 Å². The number of para-hydroxylation sites is 6. The number of hydrogen-bond acceptors (Lipinski definition) is 2. The maximum atomic E-state index is 5.29. The van der Waals surface area contributed by atoms with Gasteiger partial charge in [0.25, 0.3) is 0 Å². The van der Waals surface area contributed by atoms with Gasteiger partial charge in [-0.1, -0.05) is 140 Å². The van der Waals surface area contributed by atoms with E-state index in [2.05, 4.69) is 173 Å². The van der Waals surface area contributed by atoms with Crippen molar-refractivity contribution in [2.75, 3.05) is 0 Å². The Bertz CT molecular complexity index is 2600. The van der Waals surface area contributed by atoms with Crippen molar-refractivity contribution in [1.29, 1.82) is 0 Å². The second-order valence-corrected chi connectivity index (χ2v) is 12.6. The van der Waals surface area contributed by atoms with Gasteiger partial charge in [0.2, 0.25) is 0 Å². The minimum Gasteiger partial charge on any atom is -0.309 e. The SMILES string of the molecule is c1ccc(-c2nc(-c3ccccc3-n3c4ccccc4c4ccccc43)cc(-c3ccccc3-n3c4ccccc4c4ccccc43)n2)cc1. The third kappa shape index (κ3) is 4.39. The van der Waals surface area contributed by atoms with E-state index < -0.39 is 0 Å². The molecule has 4 nitrogen and oxygen atoms in total. The van der Waals surface area contributed by atoms with Crippen LogP contribution in [-0.2, 0) is 0 Å². The molecule has 0 radical (unpaired) electrons. The van der Waals surface area contributed by atoms with E-state index in [-0.39, 0.29) is 0 Å². The molecule has 0 spiro atoms. The summed E-state index contributed by atoms with van der Waals surface area (Å²) >= 11 is 0. The largest absolute Gasteiger partial charge is 0.309 e. The molecular formula is C46H30N4. The fourth-order valence-electron chi connectivity index (χ4n) is 7.57. The Balaban J connectivity index is 1.25. The summed E-state index contributed by atoms with van der Waals surface area (Å²) in [7, 11) is 0. The van der Waals surface area contributed by atoms with Gasteiger partial charge in [-0.05, 0) is 42.5 Å². The predicted molar refractivity (Wildman–Crippen MR) is 207 cm³/mol. The van der Waals surface area contributed by atoms with Crippen LogP contribution in [0.2, 0.25) is 0 Å². The van der Waals surface area contributed by atoms with E-state index in [9.17, 15) is 0 Å². The first-order valence-electron chi connectivity index (χ1n) is 16.9. The van der Waals surface area contributed by atoms with E-state index in [1.54, 1.807) is 0 Å². The molecule has 10 aromatic rings. The Labute approximate surface area is 289 Å². The van der Waals surface area contributed by atoms with Gasteiger partial charge in [-0.3, -0.25) is 0 Å². The van der Waals surface area contributed by atoms with Crippen LogP contribution >= 0.6 is 0 Å². The van der Waals surface area contributed by atoms with Crippen LogP contribution in [0.1, 0.15) is 0 Å². The molecule has 7 aromatic carbocycles. The maximum absolute atomic E-state index is 5.29. The zero-order valence-corrected chi connectivity index (χ0v) is 27.1. The van der Waals surface area contributed by atoms with Crippen molar-refractivity contribution in [3.8, 4) is 45.3 Å². The van der Waals surface area contributed by atoms with Crippen molar-refractivity contribution in [2.24, 2.45) is 0 Å². The molecule has 0 amide bonds. The summed E-state index contributed by atoms with van der Waals surface area (Å²) in [6.45, 7) is 0. The fourth-order valence-corrected chi connectivity index (χ4v) is 7.57. The van der Waals surface area contributed by atoms with Crippen LogP contribution in [0.3, 0.4) is 0 Å². The van der Waals surface area contributed by atoms with Gasteiger partial charge in [-0.15, -0.1) is 0 Å². The van der Waals surface area contributed by atoms with Gasteiger partial charge in [-0.25, -0.2) is 9.97 Å². The smallest absolute Gasteiger partial charge is 0.160 e. The Morgan fingerprint density at radius 1 is 0.320 bits per heavy atom. The molecule has 0 saturated heterocycles. The number of fused-ring (bicyclic) bond motifs is 6. The summed E-state index contributed by atoms with van der Waals surface area (Å²) in [6.07, 6.45) is 0. The zero-order valence-electron chi connectivity index (χ0n) is 27.1. The summed E-state index contributed by atoms with van der Waals surface area (Å²) in [5.74, 6) is 0.687. The van der Waals surface area contributed by atoms with Gasteiger partial charge in [0.05, 0.1) is 44.8 Å². The third-order valence-electron chi connectivity index (χ3n) is 9.76. The first-order valence-corrected chi connectivity index (χ1v) is 16.9. The van der Waals surface area contributed by atoms with Gasteiger partial charge in [0.15, 0.2) is 5.82 Å². The highest BCUT2D eigenvalue weighted by Crippen LogP contribution is 2.39. The average molecular weight is 639 g/mol. The number of rotatable bonds is 5. The first-order chi connectivity index (χ1) is 24.8. The van der Waals surface area contributed by atoms with E-state index in [1.165, 1.54) is 21.5 Å². The molecule has 3 heterocycles. The van der Waals surface area contributed by atoms with Crippen molar-refractivity contribution >= 4 is 43.6 Å². The molecule has 0 atom stereocenters. The molecule has 0 aliphatic heterocycles. The van der Waals surface area contributed by atoms with E-state index in [4.69, 9.17) is 9.97 Å². The molecule has 0 saturated carbocycles. The monoisotopic (exact) mass is 638 g/mol. The summed E-state index contributed by atoms with van der Waals surface area (Å²) in [4.78, 5) is 10.6. The van der Waals surface area contributed by atoms with Crippen LogP contribution in [0.4, 0.5) is 0 Å².